The lowest BCUT2D eigenvalue weighted by molar-refractivity contribution is -0.125. The zero-order chi connectivity index (χ0) is 13.8. The van der Waals surface area contributed by atoms with Gasteiger partial charge in [-0.05, 0) is 44.6 Å². The fraction of sp³-hybridized carbons (Fsp3) is 0.800. The zero-order valence-electron chi connectivity index (χ0n) is 12.2. The summed E-state index contributed by atoms with van der Waals surface area (Å²) in [5.41, 5.74) is 7.13. The van der Waals surface area contributed by atoms with Gasteiger partial charge in [0.2, 0.25) is 5.91 Å². The number of allylic oxidation sites excluding steroid dienone is 2. The molecule has 2 rings (SSSR count). The molecule has 1 heterocycles. The summed E-state index contributed by atoms with van der Waals surface area (Å²) in [6.07, 6.45) is 5.52. The van der Waals surface area contributed by atoms with Crippen molar-refractivity contribution >= 4 is 5.91 Å². The molecule has 3 unspecified atom stereocenters. The number of rotatable bonds is 3. The summed E-state index contributed by atoms with van der Waals surface area (Å²) in [5.74, 6) is 0.801. The Balaban J connectivity index is 2.11. The van der Waals surface area contributed by atoms with Crippen molar-refractivity contribution in [2.45, 2.75) is 39.2 Å². The smallest absolute Gasteiger partial charge is 0.235 e. The highest BCUT2D eigenvalue weighted by molar-refractivity contribution is 5.80. The lowest BCUT2D eigenvalue weighted by atomic mass is 9.78. The second-order valence-corrected chi connectivity index (χ2v) is 6.18. The van der Waals surface area contributed by atoms with Crippen LogP contribution >= 0.6 is 0 Å². The third kappa shape index (κ3) is 3.80. The summed E-state index contributed by atoms with van der Waals surface area (Å²) in [6.45, 7) is 8.32. The van der Waals surface area contributed by atoms with E-state index in [2.05, 4.69) is 30.1 Å². The van der Waals surface area contributed by atoms with Gasteiger partial charge < -0.3 is 11.1 Å². The first-order valence-electron chi connectivity index (χ1n) is 7.49. The molecule has 19 heavy (non-hydrogen) atoms. The predicted octanol–water partition coefficient (Wildman–Crippen LogP) is 1.13. The van der Waals surface area contributed by atoms with E-state index in [-0.39, 0.29) is 11.9 Å². The molecule has 1 amide bonds. The topological polar surface area (TPSA) is 58.4 Å². The van der Waals surface area contributed by atoms with Gasteiger partial charge in [-0.3, -0.25) is 9.69 Å². The van der Waals surface area contributed by atoms with Gasteiger partial charge in [0, 0.05) is 19.6 Å². The number of carbonyl (C=O) groups excluding carboxylic acids is 1. The summed E-state index contributed by atoms with van der Waals surface area (Å²) < 4.78 is 0. The molecule has 1 aliphatic carbocycles. The van der Waals surface area contributed by atoms with Gasteiger partial charge in [-0.15, -0.1) is 0 Å². The van der Waals surface area contributed by atoms with Gasteiger partial charge in [0.1, 0.15) is 0 Å². The summed E-state index contributed by atoms with van der Waals surface area (Å²) >= 11 is 0. The Morgan fingerprint density at radius 2 is 2.26 bits per heavy atom. The predicted molar refractivity (Wildman–Crippen MR) is 77.7 cm³/mol. The lowest BCUT2D eigenvalue weighted by Crippen LogP contribution is -2.51. The van der Waals surface area contributed by atoms with Crippen molar-refractivity contribution in [3.05, 3.63) is 11.6 Å². The van der Waals surface area contributed by atoms with Crippen molar-refractivity contribution in [2.75, 3.05) is 26.2 Å². The molecule has 1 fully saturated rings. The Bertz CT molecular complexity index is 345. The van der Waals surface area contributed by atoms with Crippen molar-refractivity contribution in [1.29, 1.82) is 0 Å². The van der Waals surface area contributed by atoms with E-state index in [0.29, 0.717) is 11.8 Å². The van der Waals surface area contributed by atoms with Crippen molar-refractivity contribution in [2.24, 2.45) is 17.6 Å². The largest absolute Gasteiger partial charge is 0.368 e. The molecule has 1 aliphatic heterocycles. The third-order valence-corrected chi connectivity index (χ3v) is 4.33. The highest BCUT2D eigenvalue weighted by Gasteiger charge is 2.34. The van der Waals surface area contributed by atoms with E-state index in [1.165, 1.54) is 5.57 Å². The summed E-state index contributed by atoms with van der Waals surface area (Å²) in [5, 5.41) is 3.39. The molecule has 0 aromatic carbocycles. The summed E-state index contributed by atoms with van der Waals surface area (Å²) in [4.78, 5) is 14.3. The number of primary amides is 1. The van der Waals surface area contributed by atoms with Crippen LogP contribution in [0.1, 0.15) is 33.1 Å². The molecule has 0 aromatic heterocycles. The molecular weight excluding hydrogens is 238 g/mol. The minimum absolute atomic E-state index is 0.0917. The van der Waals surface area contributed by atoms with E-state index in [1.807, 2.05) is 0 Å². The van der Waals surface area contributed by atoms with Crippen molar-refractivity contribution in [3.63, 3.8) is 0 Å². The molecule has 3 N–H and O–H groups in total. The highest BCUT2D eigenvalue weighted by atomic mass is 16.1. The van der Waals surface area contributed by atoms with E-state index in [9.17, 15) is 4.79 Å². The Labute approximate surface area is 116 Å². The second kappa shape index (κ2) is 6.53. The quantitative estimate of drug-likeness (QED) is 0.752. The second-order valence-electron chi connectivity index (χ2n) is 6.18. The number of nitrogens with one attached hydrogen (secondary N) is 1. The molecule has 0 radical (unpaired) electrons. The molecular formula is C15H27N3O. The fourth-order valence-electron chi connectivity index (χ4n) is 3.69. The SMILES string of the molecule is CC1=CC(C)CC(C(C(N)=O)N2CCCNCC2)C1. The number of carbonyl (C=O) groups is 1. The van der Waals surface area contributed by atoms with Crippen LogP contribution < -0.4 is 11.1 Å². The van der Waals surface area contributed by atoms with Crippen LogP contribution in [0.25, 0.3) is 0 Å². The van der Waals surface area contributed by atoms with Crippen molar-refractivity contribution in [3.8, 4) is 0 Å². The lowest BCUT2D eigenvalue weighted by Gasteiger charge is -2.37. The Hall–Kier alpha value is -0.870. The van der Waals surface area contributed by atoms with Gasteiger partial charge in [-0.25, -0.2) is 0 Å². The van der Waals surface area contributed by atoms with Crippen molar-refractivity contribution < 1.29 is 4.79 Å². The molecule has 2 aliphatic rings. The van der Waals surface area contributed by atoms with Crippen molar-refractivity contribution in [1.82, 2.24) is 10.2 Å². The van der Waals surface area contributed by atoms with E-state index in [0.717, 1.165) is 45.4 Å². The molecule has 1 saturated heterocycles. The molecule has 4 heteroatoms. The van der Waals surface area contributed by atoms with Crippen LogP contribution in [0.15, 0.2) is 11.6 Å². The maximum absolute atomic E-state index is 12.0. The summed E-state index contributed by atoms with van der Waals surface area (Å²) in [6, 6.07) is -0.0917. The first kappa shape index (κ1) is 14.5. The van der Waals surface area contributed by atoms with Gasteiger partial charge in [0.15, 0.2) is 0 Å². The standard InChI is InChI=1S/C15H27N3O/c1-11-8-12(2)10-13(9-11)14(15(16)19)18-6-3-4-17-5-7-18/h8,11,13-14,17H,3-7,9-10H2,1-2H3,(H2,16,19). The molecule has 0 bridgehead atoms. The van der Waals surface area contributed by atoms with Gasteiger partial charge >= 0.3 is 0 Å². The van der Waals surface area contributed by atoms with Gasteiger partial charge in [0.05, 0.1) is 6.04 Å². The fourth-order valence-corrected chi connectivity index (χ4v) is 3.69. The Kier molecular flexibility index (Phi) is 4.99. The van der Waals surface area contributed by atoms with Crippen LogP contribution in [0.4, 0.5) is 0 Å². The number of nitrogens with two attached hydrogens (primary N) is 1. The molecule has 0 aromatic rings. The first-order valence-corrected chi connectivity index (χ1v) is 7.49. The minimum Gasteiger partial charge on any atom is -0.368 e. The van der Waals surface area contributed by atoms with E-state index >= 15 is 0 Å². The molecule has 4 nitrogen and oxygen atoms in total. The van der Waals surface area contributed by atoms with Crippen LogP contribution in [-0.2, 0) is 4.79 Å². The number of hydrogen-bond donors (Lipinski definition) is 2. The first-order chi connectivity index (χ1) is 9.08. The number of amides is 1. The maximum Gasteiger partial charge on any atom is 0.235 e. The minimum atomic E-state index is -0.145. The normalized spacial score (nSPS) is 31.4. The molecule has 3 atom stereocenters. The zero-order valence-corrected chi connectivity index (χ0v) is 12.2. The van der Waals surface area contributed by atoms with Gasteiger partial charge in [-0.1, -0.05) is 18.6 Å². The van der Waals surface area contributed by atoms with E-state index in [1.54, 1.807) is 0 Å². The Morgan fingerprint density at radius 3 is 2.95 bits per heavy atom. The van der Waals surface area contributed by atoms with Crippen LogP contribution in [0, 0.1) is 11.8 Å². The van der Waals surface area contributed by atoms with Crippen LogP contribution in [0.5, 0.6) is 0 Å². The maximum atomic E-state index is 12.0. The van der Waals surface area contributed by atoms with Gasteiger partial charge in [-0.2, -0.15) is 0 Å². The van der Waals surface area contributed by atoms with E-state index in [4.69, 9.17) is 5.73 Å². The van der Waals surface area contributed by atoms with E-state index < -0.39 is 0 Å². The Morgan fingerprint density at radius 1 is 1.47 bits per heavy atom. The van der Waals surface area contributed by atoms with Crippen LogP contribution in [0.3, 0.4) is 0 Å². The van der Waals surface area contributed by atoms with Crippen LogP contribution in [-0.4, -0.2) is 43.0 Å². The molecule has 108 valence electrons. The highest BCUT2D eigenvalue weighted by Crippen LogP contribution is 2.32. The number of nitrogens with zero attached hydrogens (tertiary/aromatic N) is 1. The average molecular weight is 265 g/mol. The third-order valence-electron chi connectivity index (χ3n) is 4.33. The average Bonchev–Trinajstić information content (AvgIpc) is 2.56. The number of hydrogen-bond acceptors (Lipinski definition) is 3. The van der Waals surface area contributed by atoms with Crippen LogP contribution in [0.2, 0.25) is 0 Å². The monoisotopic (exact) mass is 265 g/mol. The summed E-state index contributed by atoms with van der Waals surface area (Å²) in [7, 11) is 0. The molecule has 0 spiro atoms. The molecule has 0 saturated carbocycles. The van der Waals surface area contributed by atoms with Gasteiger partial charge in [0.25, 0.3) is 0 Å².